The highest BCUT2D eigenvalue weighted by atomic mass is 32.1. The van der Waals surface area contributed by atoms with E-state index in [1.54, 1.807) is 0 Å². The van der Waals surface area contributed by atoms with Crippen molar-refractivity contribution in [3.8, 4) is 0 Å². The second kappa shape index (κ2) is 5.48. The van der Waals surface area contributed by atoms with Gasteiger partial charge in [0, 0.05) is 13.1 Å². The van der Waals surface area contributed by atoms with E-state index in [0.717, 1.165) is 24.2 Å². The van der Waals surface area contributed by atoms with Crippen LogP contribution in [0.2, 0.25) is 0 Å². The molecule has 0 aromatic carbocycles. The van der Waals surface area contributed by atoms with Crippen LogP contribution in [-0.4, -0.2) is 24.9 Å². The summed E-state index contributed by atoms with van der Waals surface area (Å²) in [5.74, 6) is -0.908. The summed E-state index contributed by atoms with van der Waals surface area (Å²) in [5.41, 5.74) is 11.6. The Hall–Kier alpha value is -1.76. The van der Waals surface area contributed by atoms with E-state index in [0.29, 0.717) is 16.6 Å². The standard InChI is InChI=1S/C12H18N4O2S/c1-15-11(18)7-8(13)9(10(14)17)19-12(7)16-6-4-2-3-5-6/h6,16H,2-5,13H2,1H3,(H2,14,17)(H,15,18). The highest BCUT2D eigenvalue weighted by Crippen LogP contribution is 2.37. The molecular formula is C12H18N4O2S. The first-order chi connectivity index (χ1) is 9.04. The van der Waals surface area contributed by atoms with Gasteiger partial charge >= 0.3 is 0 Å². The SMILES string of the molecule is CNC(=O)c1c(NC2CCCC2)sc(C(N)=O)c1N. The topological polar surface area (TPSA) is 110 Å². The number of carbonyl (C=O) groups is 2. The van der Waals surface area contributed by atoms with Crippen LogP contribution >= 0.6 is 11.3 Å². The van der Waals surface area contributed by atoms with Gasteiger partial charge in [0.2, 0.25) is 0 Å². The van der Waals surface area contributed by atoms with Gasteiger partial charge in [-0.25, -0.2) is 0 Å². The van der Waals surface area contributed by atoms with E-state index in [-0.39, 0.29) is 16.5 Å². The van der Waals surface area contributed by atoms with Crippen LogP contribution in [0.25, 0.3) is 0 Å². The molecule has 19 heavy (non-hydrogen) atoms. The van der Waals surface area contributed by atoms with Crippen LogP contribution in [0.5, 0.6) is 0 Å². The summed E-state index contributed by atoms with van der Waals surface area (Å²) in [5, 5.41) is 6.48. The molecule has 1 saturated carbocycles. The van der Waals surface area contributed by atoms with E-state index in [1.807, 2.05) is 0 Å². The minimum atomic E-state index is -0.605. The zero-order valence-corrected chi connectivity index (χ0v) is 11.6. The Balaban J connectivity index is 2.36. The molecule has 1 heterocycles. The maximum Gasteiger partial charge on any atom is 0.260 e. The largest absolute Gasteiger partial charge is 0.397 e. The first-order valence-electron chi connectivity index (χ1n) is 6.25. The van der Waals surface area contributed by atoms with Crippen molar-refractivity contribution in [3.63, 3.8) is 0 Å². The van der Waals surface area contributed by atoms with Gasteiger partial charge in [0.05, 0.1) is 11.3 Å². The number of nitrogens with one attached hydrogen (secondary N) is 2. The summed E-state index contributed by atoms with van der Waals surface area (Å²) in [6, 6.07) is 0.335. The molecule has 1 aromatic heterocycles. The number of anilines is 2. The molecular weight excluding hydrogens is 264 g/mol. The number of hydrogen-bond acceptors (Lipinski definition) is 5. The van der Waals surface area contributed by atoms with Gasteiger partial charge in [0.1, 0.15) is 9.88 Å². The zero-order chi connectivity index (χ0) is 14.0. The summed E-state index contributed by atoms with van der Waals surface area (Å²) in [6.45, 7) is 0. The van der Waals surface area contributed by atoms with Gasteiger partial charge in [-0.05, 0) is 12.8 Å². The highest BCUT2D eigenvalue weighted by Gasteiger charge is 2.26. The lowest BCUT2D eigenvalue weighted by molar-refractivity contribution is 0.0965. The van der Waals surface area contributed by atoms with Crippen molar-refractivity contribution >= 4 is 33.8 Å². The average Bonchev–Trinajstić information content (AvgIpc) is 2.97. The van der Waals surface area contributed by atoms with Gasteiger partial charge in [0.25, 0.3) is 11.8 Å². The Kier molecular flexibility index (Phi) is 3.94. The molecule has 6 nitrogen and oxygen atoms in total. The molecule has 7 heteroatoms. The fourth-order valence-electron chi connectivity index (χ4n) is 2.33. The van der Waals surface area contributed by atoms with E-state index in [4.69, 9.17) is 11.5 Å². The molecule has 104 valence electrons. The number of rotatable bonds is 4. The Labute approximate surface area is 115 Å². The van der Waals surface area contributed by atoms with Gasteiger partial charge in [-0.2, -0.15) is 0 Å². The molecule has 2 rings (SSSR count). The van der Waals surface area contributed by atoms with Crippen molar-refractivity contribution in [3.05, 3.63) is 10.4 Å². The van der Waals surface area contributed by atoms with Crippen molar-refractivity contribution in [2.45, 2.75) is 31.7 Å². The van der Waals surface area contributed by atoms with Crippen molar-refractivity contribution in [1.82, 2.24) is 5.32 Å². The van der Waals surface area contributed by atoms with Crippen LogP contribution in [-0.2, 0) is 0 Å². The molecule has 1 fully saturated rings. The van der Waals surface area contributed by atoms with Gasteiger partial charge in [-0.3, -0.25) is 9.59 Å². The van der Waals surface area contributed by atoms with Crippen molar-refractivity contribution in [2.24, 2.45) is 5.73 Å². The second-order valence-electron chi connectivity index (χ2n) is 4.62. The lowest BCUT2D eigenvalue weighted by Gasteiger charge is -2.13. The minimum absolute atomic E-state index is 0.164. The molecule has 0 spiro atoms. The molecule has 2 amide bonds. The fraction of sp³-hybridized carbons (Fsp3) is 0.500. The minimum Gasteiger partial charge on any atom is -0.397 e. The Morgan fingerprint density at radius 3 is 2.47 bits per heavy atom. The maximum atomic E-state index is 11.9. The van der Waals surface area contributed by atoms with Gasteiger partial charge < -0.3 is 22.1 Å². The number of nitrogen functional groups attached to an aromatic ring is 1. The summed E-state index contributed by atoms with van der Waals surface area (Å²) < 4.78 is 0. The van der Waals surface area contributed by atoms with Crippen LogP contribution in [0.4, 0.5) is 10.7 Å². The van der Waals surface area contributed by atoms with E-state index < -0.39 is 5.91 Å². The highest BCUT2D eigenvalue weighted by molar-refractivity contribution is 7.19. The quantitative estimate of drug-likeness (QED) is 0.663. The van der Waals surface area contributed by atoms with E-state index in [1.165, 1.54) is 19.9 Å². The van der Waals surface area contributed by atoms with Gasteiger partial charge in [-0.1, -0.05) is 12.8 Å². The van der Waals surface area contributed by atoms with Crippen LogP contribution < -0.4 is 22.1 Å². The number of carbonyl (C=O) groups excluding carboxylic acids is 2. The monoisotopic (exact) mass is 282 g/mol. The Morgan fingerprint density at radius 1 is 1.32 bits per heavy atom. The lowest BCUT2D eigenvalue weighted by Crippen LogP contribution is -2.22. The fourth-order valence-corrected chi connectivity index (χ4v) is 3.38. The smallest absolute Gasteiger partial charge is 0.260 e. The number of amides is 2. The lowest BCUT2D eigenvalue weighted by atomic mass is 10.2. The third-order valence-corrected chi connectivity index (χ3v) is 4.46. The number of nitrogens with two attached hydrogens (primary N) is 2. The van der Waals surface area contributed by atoms with E-state index in [2.05, 4.69) is 10.6 Å². The zero-order valence-electron chi connectivity index (χ0n) is 10.8. The number of thiophene rings is 1. The predicted molar refractivity (Wildman–Crippen MR) is 76.5 cm³/mol. The summed E-state index contributed by atoms with van der Waals surface area (Å²) in [4.78, 5) is 23.5. The van der Waals surface area contributed by atoms with Crippen LogP contribution in [0.15, 0.2) is 0 Å². The van der Waals surface area contributed by atoms with Crippen molar-refractivity contribution < 1.29 is 9.59 Å². The van der Waals surface area contributed by atoms with E-state index >= 15 is 0 Å². The van der Waals surface area contributed by atoms with Crippen LogP contribution in [0, 0.1) is 0 Å². The molecule has 1 aliphatic rings. The number of hydrogen-bond donors (Lipinski definition) is 4. The first kappa shape index (κ1) is 13.7. The summed E-state index contributed by atoms with van der Waals surface area (Å²) in [6.07, 6.45) is 4.49. The average molecular weight is 282 g/mol. The van der Waals surface area contributed by atoms with Crippen molar-refractivity contribution in [1.29, 1.82) is 0 Å². The molecule has 1 aromatic rings. The third-order valence-electron chi connectivity index (χ3n) is 3.31. The first-order valence-corrected chi connectivity index (χ1v) is 7.07. The second-order valence-corrected chi connectivity index (χ2v) is 5.64. The molecule has 0 radical (unpaired) electrons. The molecule has 6 N–H and O–H groups in total. The van der Waals surface area contributed by atoms with Crippen molar-refractivity contribution in [2.75, 3.05) is 18.1 Å². The van der Waals surface area contributed by atoms with Gasteiger partial charge in [-0.15, -0.1) is 11.3 Å². The Bertz CT molecular complexity index is 506. The summed E-state index contributed by atoms with van der Waals surface area (Å²) in [7, 11) is 1.53. The van der Waals surface area contributed by atoms with Crippen LogP contribution in [0.1, 0.15) is 45.7 Å². The molecule has 1 aliphatic carbocycles. The Morgan fingerprint density at radius 2 is 1.95 bits per heavy atom. The number of primary amides is 1. The summed E-state index contributed by atoms with van der Waals surface area (Å²) >= 11 is 1.15. The van der Waals surface area contributed by atoms with E-state index in [9.17, 15) is 9.59 Å². The van der Waals surface area contributed by atoms with Gasteiger partial charge in [0.15, 0.2) is 0 Å². The normalized spacial score (nSPS) is 15.4. The molecule has 0 unspecified atom stereocenters. The molecule has 0 saturated heterocycles. The molecule has 0 bridgehead atoms. The maximum absolute atomic E-state index is 11.9. The molecule has 0 atom stereocenters. The van der Waals surface area contributed by atoms with Crippen LogP contribution in [0.3, 0.4) is 0 Å². The third kappa shape index (κ3) is 2.65. The predicted octanol–water partition coefficient (Wildman–Crippen LogP) is 1.14. The molecule has 0 aliphatic heterocycles.